The van der Waals surface area contributed by atoms with Crippen LogP contribution >= 0.6 is 11.8 Å². The normalized spacial score (nSPS) is 10.4. The zero-order valence-corrected chi connectivity index (χ0v) is 14.1. The van der Waals surface area contributed by atoms with Gasteiger partial charge in [0.25, 0.3) is 5.69 Å². The standard InChI is InChI=1S/C17H18N2O3S/c1-11-8-12(2)17(13(3)9-11)18-16(20)10-23-15-6-4-14(5-7-15)19(21)22/h4-9H,10H2,1-3H3,(H,18,20). The number of hydrogen-bond donors (Lipinski definition) is 1. The van der Waals surface area contributed by atoms with E-state index in [1.165, 1.54) is 29.5 Å². The SMILES string of the molecule is Cc1cc(C)c(NC(=O)CSc2ccc([N+](=O)[O-])cc2)c(C)c1. The second kappa shape index (κ2) is 7.28. The van der Waals surface area contributed by atoms with Gasteiger partial charge in [-0.05, 0) is 44.0 Å². The zero-order valence-electron chi connectivity index (χ0n) is 13.3. The fourth-order valence-electron chi connectivity index (χ4n) is 2.37. The number of rotatable bonds is 5. The van der Waals surface area contributed by atoms with Crippen LogP contribution in [0.1, 0.15) is 16.7 Å². The van der Waals surface area contributed by atoms with Crippen LogP contribution < -0.4 is 5.32 Å². The molecule has 6 heteroatoms. The third-order valence-corrected chi connectivity index (χ3v) is 4.37. The molecule has 0 saturated carbocycles. The maximum atomic E-state index is 12.1. The lowest BCUT2D eigenvalue weighted by atomic mass is 10.1. The van der Waals surface area contributed by atoms with Crippen molar-refractivity contribution in [1.82, 2.24) is 0 Å². The summed E-state index contributed by atoms with van der Waals surface area (Å²) in [5.74, 6) is 0.160. The Hall–Kier alpha value is -2.34. The first-order valence-electron chi connectivity index (χ1n) is 7.12. The van der Waals surface area contributed by atoms with Crippen LogP contribution in [0.15, 0.2) is 41.3 Å². The van der Waals surface area contributed by atoms with E-state index in [2.05, 4.69) is 5.32 Å². The average Bonchev–Trinajstić information content (AvgIpc) is 2.49. The molecule has 0 heterocycles. The van der Waals surface area contributed by atoms with Gasteiger partial charge in [-0.25, -0.2) is 0 Å². The molecule has 0 aliphatic carbocycles. The van der Waals surface area contributed by atoms with E-state index < -0.39 is 4.92 Å². The van der Waals surface area contributed by atoms with E-state index in [4.69, 9.17) is 0 Å². The summed E-state index contributed by atoms with van der Waals surface area (Å²) in [6, 6.07) is 10.2. The van der Waals surface area contributed by atoms with Gasteiger partial charge in [-0.3, -0.25) is 14.9 Å². The molecule has 1 amide bonds. The summed E-state index contributed by atoms with van der Waals surface area (Å²) in [7, 11) is 0. The van der Waals surface area contributed by atoms with Crippen molar-refractivity contribution in [3.05, 3.63) is 63.2 Å². The first-order valence-corrected chi connectivity index (χ1v) is 8.10. The topological polar surface area (TPSA) is 72.2 Å². The van der Waals surface area contributed by atoms with Gasteiger partial charge in [-0.2, -0.15) is 0 Å². The van der Waals surface area contributed by atoms with Crippen LogP contribution in [0.25, 0.3) is 0 Å². The van der Waals surface area contributed by atoms with Gasteiger partial charge < -0.3 is 5.32 Å². The highest BCUT2D eigenvalue weighted by Gasteiger charge is 2.10. The molecule has 0 aromatic heterocycles. The van der Waals surface area contributed by atoms with Crippen LogP contribution in [0.4, 0.5) is 11.4 Å². The Morgan fingerprint density at radius 3 is 2.22 bits per heavy atom. The van der Waals surface area contributed by atoms with Crippen LogP contribution in [0, 0.1) is 30.9 Å². The molecule has 2 rings (SSSR count). The lowest BCUT2D eigenvalue weighted by Gasteiger charge is -2.12. The molecule has 0 aliphatic rings. The number of anilines is 1. The Morgan fingerprint density at radius 1 is 1.13 bits per heavy atom. The quantitative estimate of drug-likeness (QED) is 0.505. The zero-order chi connectivity index (χ0) is 17.0. The van der Waals surface area contributed by atoms with Gasteiger partial charge in [-0.1, -0.05) is 17.7 Å². The average molecular weight is 330 g/mol. The number of thioether (sulfide) groups is 1. The molecular weight excluding hydrogens is 312 g/mol. The predicted octanol–water partition coefficient (Wildman–Crippen LogP) is 4.25. The molecule has 5 nitrogen and oxygen atoms in total. The van der Waals surface area contributed by atoms with Crippen molar-refractivity contribution >= 4 is 29.0 Å². The van der Waals surface area contributed by atoms with Gasteiger partial charge in [0.2, 0.25) is 5.91 Å². The number of amides is 1. The van der Waals surface area contributed by atoms with Gasteiger partial charge >= 0.3 is 0 Å². The first kappa shape index (κ1) is 17.0. The minimum absolute atomic E-state index is 0.0460. The summed E-state index contributed by atoms with van der Waals surface area (Å²) in [4.78, 5) is 23.1. The van der Waals surface area contributed by atoms with E-state index >= 15 is 0 Å². The fraction of sp³-hybridized carbons (Fsp3) is 0.235. The molecular formula is C17H18N2O3S. The van der Waals surface area contributed by atoms with Gasteiger partial charge in [0, 0.05) is 22.7 Å². The second-order valence-electron chi connectivity index (χ2n) is 5.36. The molecule has 0 radical (unpaired) electrons. The lowest BCUT2D eigenvalue weighted by molar-refractivity contribution is -0.384. The maximum Gasteiger partial charge on any atom is 0.269 e. The molecule has 2 aromatic rings. The maximum absolute atomic E-state index is 12.1. The van der Waals surface area contributed by atoms with E-state index in [1.807, 2.05) is 32.9 Å². The van der Waals surface area contributed by atoms with Crippen molar-refractivity contribution in [1.29, 1.82) is 0 Å². The summed E-state index contributed by atoms with van der Waals surface area (Å²) < 4.78 is 0. The van der Waals surface area contributed by atoms with Crippen molar-refractivity contribution < 1.29 is 9.72 Å². The van der Waals surface area contributed by atoms with Crippen molar-refractivity contribution in [2.75, 3.05) is 11.1 Å². The Bertz CT molecular complexity index is 719. The second-order valence-corrected chi connectivity index (χ2v) is 6.41. The number of aryl methyl sites for hydroxylation is 3. The van der Waals surface area contributed by atoms with Crippen LogP contribution in [0.2, 0.25) is 0 Å². The minimum Gasteiger partial charge on any atom is -0.325 e. The number of hydrogen-bond acceptors (Lipinski definition) is 4. The molecule has 0 spiro atoms. The molecule has 2 aromatic carbocycles. The lowest BCUT2D eigenvalue weighted by Crippen LogP contribution is -2.15. The predicted molar refractivity (Wildman–Crippen MR) is 93.1 cm³/mol. The highest BCUT2D eigenvalue weighted by atomic mass is 32.2. The summed E-state index contributed by atoms with van der Waals surface area (Å²) in [6.45, 7) is 5.97. The van der Waals surface area contributed by atoms with Gasteiger partial charge in [-0.15, -0.1) is 11.8 Å². The van der Waals surface area contributed by atoms with Crippen LogP contribution in [0.5, 0.6) is 0 Å². The summed E-state index contributed by atoms with van der Waals surface area (Å²) >= 11 is 1.35. The first-order chi connectivity index (χ1) is 10.9. The van der Waals surface area contributed by atoms with E-state index in [1.54, 1.807) is 12.1 Å². The van der Waals surface area contributed by atoms with Crippen LogP contribution in [-0.4, -0.2) is 16.6 Å². The van der Waals surface area contributed by atoms with Gasteiger partial charge in [0.15, 0.2) is 0 Å². The minimum atomic E-state index is -0.440. The van der Waals surface area contributed by atoms with E-state index in [-0.39, 0.29) is 17.3 Å². The smallest absolute Gasteiger partial charge is 0.269 e. The highest BCUT2D eigenvalue weighted by Crippen LogP contribution is 2.24. The van der Waals surface area contributed by atoms with E-state index in [0.717, 1.165) is 21.7 Å². The third-order valence-electron chi connectivity index (χ3n) is 3.36. The Kier molecular flexibility index (Phi) is 5.39. The highest BCUT2D eigenvalue weighted by molar-refractivity contribution is 8.00. The molecule has 23 heavy (non-hydrogen) atoms. The molecule has 0 fully saturated rings. The molecule has 0 aliphatic heterocycles. The molecule has 120 valence electrons. The number of nitro groups is 1. The van der Waals surface area contributed by atoms with Crippen molar-refractivity contribution in [2.24, 2.45) is 0 Å². The summed E-state index contributed by atoms with van der Waals surface area (Å²) in [5, 5.41) is 13.5. The number of nitro benzene ring substituents is 1. The van der Waals surface area contributed by atoms with Crippen molar-refractivity contribution in [2.45, 2.75) is 25.7 Å². The van der Waals surface area contributed by atoms with Gasteiger partial charge in [0.1, 0.15) is 0 Å². The Balaban J connectivity index is 1.96. The summed E-state index contributed by atoms with van der Waals surface area (Å²) in [5.41, 5.74) is 4.14. The number of nitrogens with zero attached hydrogens (tertiary/aromatic N) is 1. The number of nitrogens with one attached hydrogen (secondary N) is 1. The third kappa shape index (κ3) is 4.56. The van der Waals surface area contributed by atoms with Crippen LogP contribution in [0.3, 0.4) is 0 Å². The van der Waals surface area contributed by atoms with Crippen molar-refractivity contribution in [3.8, 4) is 0 Å². The molecule has 0 bridgehead atoms. The fourth-order valence-corrected chi connectivity index (χ4v) is 3.06. The van der Waals surface area contributed by atoms with E-state index in [0.29, 0.717) is 0 Å². The monoisotopic (exact) mass is 330 g/mol. The number of carbonyl (C=O) groups excluding carboxylic acids is 1. The molecule has 0 unspecified atom stereocenters. The largest absolute Gasteiger partial charge is 0.325 e. The number of carbonyl (C=O) groups is 1. The summed E-state index contributed by atoms with van der Waals surface area (Å²) in [6.07, 6.45) is 0. The van der Waals surface area contributed by atoms with Crippen molar-refractivity contribution in [3.63, 3.8) is 0 Å². The Morgan fingerprint density at radius 2 is 1.70 bits per heavy atom. The molecule has 0 saturated heterocycles. The Labute approximate surface area is 139 Å². The van der Waals surface area contributed by atoms with E-state index in [9.17, 15) is 14.9 Å². The molecule has 0 atom stereocenters. The van der Waals surface area contributed by atoms with Crippen LogP contribution in [-0.2, 0) is 4.79 Å². The molecule has 1 N–H and O–H groups in total. The number of non-ortho nitro benzene ring substituents is 1. The van der Waals surface area contributed by atoms with Gasteiger partial charge in [0.05, 0.1) is 10.7 Å². The number of benzene rings is 2.